The van der Waals surface area contributed by atoms with Crippen molar-refractivity contribution in [3.63, 3.8) is 0 Å². The lowest BCUT2D eigenvalue weighted by molar-refractivity contribution is -0.114. The molecule has 0 aromatic heterocycles. The van der Waals surface area contributed by atoms with Gasteiger partial charge in [0, 0.05) is 31.2 Å². The second-order valence-electron chi connectivity index (χ2n) is 6.31. The van der Waals surface area contributed by atoms with Crippen LogP contribution in [-0.2, 0) is 11.3 Å². The topological polar surface area (TPSA) is 53.2 Å². The first-order valence-electron chi connectivity index (χ1n) is 8.61. The number of para-hydroxylation sites is 1. The fraction of sp³-hybridized carbons (Fsp3) is 0.350. The zero-order valence-electron chi connectivity index (χ0n) is 14.1. The predicted octanol–water partition coefficient (Wildman–Crippen LogP) is 3.23. The summed E-state index contributed by atoms with van der Waals surface area (Å²) in [6.45, 7) is 3.34. The van der Waals surface area contributed by atoms with E-state index in [1.54, 1.807) is 6.92 Å². The summed E-state index contributed by atoms with van der Waals surface area (Å²) >= 11 is 0. The number of rotatable bonds is 5. The lowest BCUT2D eigenvalue weighted by Gasteiger charge is -2.34. The number of piperidine rings is 1. The van der Waals surface area contributed by atoms with E-state index in [9.17, 15) is 4.79 Å². The molecule has 1 heterocycles. The Morgan fingerprint density at radius 2 is 1.88 bits per heavy atom. The van der Waals surface area contributed by atoms with Crippen molar-refractivity contribution in [1.29, 1.82) is 0 Å². The molecule has 2 aromatic carbocycles. The maximum absolute atomic E-state index is 11.4. The number of anilines is 1. The molecule has 1 amide bonds. The van der Waals surface area contributed by atoms with Gasteiger partial charge in [-0.05, 0) is 36.6 Å². The summed E-state index contributed by atoms with van der Waals surface area (Å²) < 4.78 is 0. The maximum Gasteiger partial charge on any atom is 0.221 e. The molecule has 0 spiro atoms. The summed E-state index contributed by atoms with van der Waals surface area (Å²) in [5, 5.41) is 10.2. The summed E-state index contributed by atoms with van der Waals surface area (Å²) in [5.74, 6) is -0.0380. The number of hydrogen-bond acceptors (Lipinski definition) is 3. The van der Waals surface area contributed by atoms with Gasteiger partial charge in [-0.1, -0.05) is 48.5 Å². The van der Waals surface area contributed by atoms with Gasteiger partial charge in [-0.2, -0.15) is 0 Å². The van der Waals surface area contributed by atoms with Crippen LogP contribution in [0.15, 0.2) is 54.6 Å². The number of benzene rings is 2. The molecule has 2 unspecified atom stereocenters. The van der Waals surface area contributed by atoms with Crippen LogP contribution in [0.5, 0.6) is 0 Å². The molecular formula is C20H25N3O. The third-order valence-electron chi connectivity index (χ3n) is 4.50. The van der Waals surface area contributed by atoms with Crippen molar-refractivity contribution in [2.24, 2.45) is 0 Å². The molecule has 1 aliphatic rings. The summed E-state index contributed by atoms with van der Waals surface area (Å²) in [5.41, 5.74) is 3.33. The van der Waals surface area contributed by atoms with E-state index in [1.807, 2.05) is 18.2 Å². The second kappa shape index (κ2) is 8.08. The van der Waals surface area contributed by atoms with Crippen LogP contribution in [0, 0.1) is 0 Å². The molecule has 0 aliphatic carbocycles. The average molecular weight is 323 g/mol. The van der Waals surface area contributed by atoms with Crippen molar-refractivity contribution in [2.75, 3.05) is 11.9 Å². The van der Waals surface area contributed by atoms with Gasteiger partial charge >= 0.3 is 0 Å². The second-order valence-corrected chi connectivity index (χ2v) is 6.31. The van der Waals surface area contributed by atoms with E-state index >= 15 is 0 Å². The van der Waals surface area contributed by atoms with E-state index in [4.69, 9.17) is 0 Å². The first-order chi connectivity index (χ1) is 11.7. The highest BCUT2D eigenvalue weighted by Crippen LogP contribution is 2.24. The van der Waals surface area contributed by atoms with Gasteiger partial charge in [0.2, 0.25) is 5.91 Å². The Bertz CT molecular complexity index is 672. The van der Waals surface area contributed by atoms with E-state index in [0.717, 1.165) is 30.8 Å². The smallest absolute Gasteiger partial charge is 0.221 e. The van der Waals surface area contributed by atoms with E-state index < -0.39 is 0 Å². The zero-order chi connectivity index (χ0) is 16.8. The van der Waals surface area contributed by atoms with Gasteiger partial charge < -0.3 is 16.0 Å². The van der Waals surface area contributed by atoms with Gasteiger partial charge in [0.05, 0.1) is 0 Å². The monoisotopic (exact) mass is 323 g/mol. The Kier molecular flexibility index (Phi) is 5.62. The van der Waals surface area contributed by atoms with Crippen LogP contribution in [0.3, 0.4) is 0 Å². The number of carbonyl (C=O) groups is 1. The fourth-order valence-electron chi connectivity index (χ4n) is 3.35. The summed E-state index contributed by atoms with van der Waals surface area (Å²) in [6.07, 6.45) is 2.32. The molecule has 24 heavy (non-hydrogen) atoms. The van der Waals surface area contributed by atoms with Crippen LogP contribution in [0.2, 0.25) is 0 Å². The highest BCUT2D eigenvalue weighted by atomic mass is 16.1. The number of nitrogens with one attached hydrogen (secondary N) is 3. The largest absolute Gasteiger partial charge is 0.326 e. The van der Waals surface area contributed by atoms with Crippen LogP contribution in [-0.4, -0.2) is 18.5 Å². The SMILES string of the molecule is CC(=O)Nc1ccccc1CNC1CCCNC1c1ccccc1. The minimum atomic E-state index is -0.0380. The average Bonchev–Trinajstić information content (AvgIpc) is 2.61. The van der Waals surface area contributed by atoms with Crippen molar-refractivity contribution in [2.45, 2.75) is 38.4 Å². The highest BCUT2D eigenvalue weighted by molar-refractivity contribution is 5.89. The molecule has 1 aliphatic heterocycles. The molecule has 3 N–H and O–H groups in total. The van der Waals surface area contributed by atoms with Gasteiger partial charge in [-0.3, -0.25) is 4.79 Å². The zero-order valence-corrected chi connectivity index (χ0v) is 14.1. The van der Waals surface area contributed by atoms with Crippen LogP contribution < -0.4 is 16.0 Å². The molecule has 1 saturated heterocycles. The van der Waals surface area contributed by atoms with Gasteiger partial charge in [0.15, 0.2) is 0 Å². The molecule has 126 valence electrons. The predicted molar refractivity (Wildman–Crippen MR) is 97.8 cm³/mol. The Hall–Kier alpha value is -2.17. The van der Waals surface area contributed by atoms with Crippen molar-refractivity contribution in [3.05, 3.63) is 65.7 Å². The minimum Gasteiger partial charge on any atom is -0.326 e. The number of hydrogen-bond donors (Lipinski definition) is 3. The van der Waals surface area contributed by atoms with Crippen molar-refractivity contribution < 1.29 is 4.79 Å². The molecule has 3 rings (SSSR count). The first-order valence-corrected chi connectivity index (χ1v) is 8.61. The molecule has 2 atom stereocenters. The van der Waals surface area contributed by atoms with Crippen molar-refractivity contribution in [1.82, 2.24) is 10.6 Å². The Morgan fingerprint density at radius 3 is 2.67 bits per heavy atom. The van der Waals surface area contributed by atoms with Gasteiger partial charge in [-0.15, -0.1) is 0 Å². The van der Waals surface area contributed by atoms with E-state index in [1.165, 1.54) is 12.0 Å². The summed E-state index contributed by atoms with van der Waals surface area (Å²) in [7, 11) is 0. The van der Waals surface area contributed by atoms with Crippen LogP contribution >= 0.6 is 0 Å². The van der Waals surface area contributed by atoms with Gasteiger partial charge in [0.25, 0.3) is 0 Å². The van der Waals surface area contributed by atoms with E-state index in [2.05, 4.69) is 52.3 Å². The third-order valence-corrected chi connectivity index (χ3v) is 4.50. The van der Waals surface area contributed by atoms with Crippen LogP contribution in [0.25, 0.3) is 0 Å². The fourth-order valence-corrected chi connectivity index (χ4v) is 3.35. The summed E-state index contributed by atoms with van der Waals surface area (Å²) in [4.78, 5) is 11.4. The molecular weight excluding hydrogens is 298 g/mol. The molecule has 0 bridgehead atoms. The van der Waals surface area contributed by atoms with E-state index in [-0.39, 0.29) is 5.91 Å². The number of amides is 1. The molecule has 2 aromatic rings. The van der Waals surface area contributed by atoms with Gasteiger partial charge in [-0.25, -0.2) is 0 Å². The van der Waals surface area contributed by atoms with E-state index in [0.29, 0.717) is 12.1 Å². The number of carbonyl (C=O) groups excluding carboxylic acids is 1. The minimum absolute atomic E-state index is 0.0380. The van der Waals surface area contributed by atoms with Crippen LogP contribution in [0.4, 0.5) is 5.69 Å². The normalized spacial score (nSPS) is 20.5. The van der Waals surface area contributed by atoms with Gasteiger partial charge in [0.1, 0.15) is 0 Å². The van der Waals surface area contributed by atoms with Crippen molar-refractivity contribution >= 4 is 11.6 Å². The first kappa shape index (κ1) is 16.7. The Balaban J connectivity index is 1.70. The standard InChI is InChI=1S/C20H25N3O/c1-15(24)23-18-11-6-5-10-17(18)14-22-19-12-7-13-21-20(19)16-8-3-2-4-9-16/h2-6,8-11,19-22H,7,12-14H2,1H3,(H,23,24). The molecule has 0 radical (unpaired) electrons. The lowest BCUT2D eigenvalue weighted by atomic mass is 9.92. The van der Waals surface area contributed by atoms with Crippen LogP contribution in [0.1, 0.15) is 36.9 Å². The quantitative estimate of drug-likeness (QED) is 0.792. The molecule has 4 heteroatoms. The Labute approximate surface area is 143 Å². The summed E-state index contributed by atoms with van der Waals surface area (Å²) in [6, 6.07) is 19.3. The molecule has 1 fully saturated rings. The van der Waals surface area contributed by atoms with Crippen molar-refractivity contribution in [3.8, 4) is 0 Å². The molecule has 0 saturated carbocycles. The lowest BCUT2D eigenvalue weighted by Crippen LogP contribution is -2.45. The highest BCUT2D eigenvalue weighted by Gasteiger charge is 2.25. The Morgan fingerprint density at radius 1 is 1.12 bits per heavy atom. The molecule has 4 nitrogen and oxygen atoms in total. The third kappa shape index (κ3) is 4.22. The maximum atomic E-state index is 11.4.